The van der Waals surface area contributed by atoms with Crippen LogP contribution in [0.1, 0.15) is 112 Å². The molecular formula is C36H57NO3. The molecule has 0 aromatic heterocycles. The van der Waals surface area contributed by atoms with Crippen molar-refractivity contribution in [2.75, 3.05) is 6.61 Å². The number of fused-ring (bicyclic) bond motifs is 7. The summed E-state index contributed by atoms with van der Waals surface area (Å²) >= 11 is 0. The molecule has 12 atom stereocenters. The minimum absolute atomic E-state index is 0.0217. The highest BCUT2D eigenvalue weighted by atomic mass is 16.3. The highest BCUT2D eigenvalue weighted by molar-refractivity contribution is 5.84. The number of aliphatic hydroxyl groups is 2. The lowest BCUT2D eigenvalue weighted by molar-refractivity contribution is -0.246. The number of hydrogen-bond acceptors (Lipinski definition) is 3. The van der Waals surface area contributed by atoms with Gasteiger partial charge in [0.25, 0.3) is 0 Å². The van der Waals surface area contributed by atoms with E-state index < -0.39 is 0 Å². The standard InChI is InChI=1S/C36H57NO3/c1-22(2)25-12-17-36(31(40)37-24-9-8-23(20-24)21-38)19-18-34(6)26(30(25)36)10-11-28-33(5)15-14-29(39)32(3,4)27(33)13-16-35(28,34)7/h8-9,23-30,38-39H,1,10-21H2,2-7H3,(H,37,40)/t23?,24?,25-,26+,27?,28?,29-,30+,33-,34+,35+,36-/m0/s1. The lowest BCUT2D eigenvalue weighted by Crippen LogP contribution is -2.67. The van der Waals surface area contributed by atoms with E-state index in [1.165, 1.54) is 31.3 Å². The van der Waals surface area contributed by atoms with Gasteiger partial charge in [0.1, 0.15) is 0 Å². The van der Waals surface area contributed by atoms with Crippen LogP contribution in [0.15, 0.2) is 24.3 Å². The predicted octanol–water partition coefficient (Wildman–Crippen LogP) is 7.06. The third-order valence-corrected chi connectivity index (χ3v) is 15.2. The lowest BCUT2D eigenvalue weighted by atomic mass is 9.32. The second kappa shape index (κ2) is 9.43. The zero-order valence-electron chi connectivity index (χ0n) is 26.3. The van der Waals surface area contributed by atoms with Crippen molar-refractivity contribution in [3.8, 4) is 0 Å². The first-order valence-corrected chi connectivity index (χ1v) is 16.7. The van der Waals surface area contributed by atoms with Gasteiger partial charge in [-0.05, 0) is 129 Å². The van der Waals surface area contributed by atoms with E-state index >= 15 is 0 Å². The first-order chi connectivity index (χ1) is 18.7. The molecule has 0 aromatic carbocycles. The molecule has 0 radical (unpaired) electrons. The Bertz CT molecular complexity index is 1080. The van der Waals surface area contributed by atoms with Gasteiger partial charge in [0.15, 0.2) is 0 Å². The van der Waals surface area contributed by atoms with Gasteiger partial charge in [-0.15, -0.1) is 0 Å². The number of aliphatic hydroxyl groups excluding tert-OH is 2. The van der Waals surface area contributed by atoms with Crippen LogP contribution in [-0.4, -0.2) is 34.9 Å². The Hall–Kier alpha value is -1.13. The Morgan fingerprint density at radius 2 is 1.65 bits per heavy atom. The van der Waals surface area contributed by atoms with Crippen LogP contribution in [0.5, 0.6) is 0 Å². The lowest BCUT2D eigenvalue weighted by Gasteiger charge is -2.72. The fourth-order valence-electron chi connectivity index (χ4n) is 12.9. The van der Waals surface area contributed by atoms with Gasteiger partial charge in [-0.3, -0.25) is 4.79 Å². The number of carbonyl (C=O) groups is 1. The maximum atomic E-state index is 14.3. The third-order valence-electron chi connectivity index (χ3n) is 15.2. The SMILES string of the molecule is C=C(C)[C@@H]1CC[C@]2(C(=O)NC3C=CC(CO)C3)CC[C@]3(C)[C@H](CCC4[C@@]5(C)CC[C@H](O)C(C)(C)C5CC[C@]43C)[C@@H]12. The average molecular weight is 552 g/mol. The average Bonchev–Trinajstić information content (AvgIpc) is 3.52. The molecular weight excluding hydrogens is 494 g/mol. The van der Waals surface area contributed by atoms with Gasteiger partial charge >= 0.3 is 0 Å². The number of amides is 1. The molecule has 0 aromatic rings. The fraction of sp³-hybridized carbons (Fsp3) is 0.861. The summed E-state index contributed by atoms with van der Waals surface area (Å²) in [6.45, 7) is 19.4. The van der Waals surface area contributed by atoms with Gasteiger partial charge in [0.05, 0.1) is 11.5 Å². The van der Waals surface area contributed by atoms with E-state index in [2.05, 4.69) is 65.6 Å². The minimum Gasteiger partial charge on any atom is -0.396 e. The Kier molecular flexibility index (Phi) is 6.83. The van der Waals surface area contributed by atoms with E-state index in [0.29, 0.717) is 29.6 Å². The van der Waals surface area contributed by atoms with E-state index in [1.807, 2.05) is 0 Å². The van der Waals surface area contributed by atoms with Crippen LogP contribution in [0.4, 0.5) is 0 Å². The molecule has 40 heavy (non-hydrogen) atoms. The predicted molar refractivity (Wildman–Crippen MR) is 161 cm³/mol. The van der Waals surface area contributed by atoms with Crippen molar-refractivity contribution in [1.29, 1.82) is 0 Å². The summed E-state index contributed by atoms with van der Waals surface area (Å²) in [5.74, 6) is 3.04. The molecule has 6 aliphatic rings. The second-order valence-electron chi connectivity index (χ2n) is 16.9. The van der Waals surface area contributed by atoms with Gasteiger partial charge < -0.3 is 15.5 Å². The maximum absolute atomic E-state index is 14.3. The molecule has 3 N–H and O–H groups in total. The number of nitrogens with one attached hydrogen (secondary N) is 1. The minimum atomic E-state index is -0.291. The second-order valence-corrected chi connectivity index (χ2v) is 16.9. The monoisotopic (exact) mass is 551 g/mol. The molecule has 0 spiro atoms. The summed E-state index contributed by atoms with van der Waals surface area (Å²) in [5.41, 5.74) is 1.71. The molecule has 5 saturated carbocycles. The van der Waals surface area contributed by atoms with Crippen LogP contribution >= 0.6 is 0 Å². The largest absolute Gasteiger partial charge is 0.396 e. The summed E-state index contributed by atoms with van der Waals surface area (Å²) in [6, 6.07) is 0.0466. The number of rotatable bonds is 4. The van der Waals surface area contributed by atoms with E-state index in [-0.39, 0.29) is 57.7 Å². The molecule has 1 amide bonds. The Morgan fingerprint density at radius 1 is 0.900 bits per heavy atom. The maximum Gasteiger partial charge on any atom is 0.226 e. The summed E-state index contributed by atoms with van der Waals surface area (Å²) in [7, 11) is 0. The van der Waals surface area contributed by atoms with Crippen molar-refractivity contribution >= 4 is 5.91 Å². The third kappa shape index (κ3) is 3.72. The van der Waals surface area contributed by atoms with Gasteiger partial charge in [0, 0.05) is 18.6 Å². The van der Waals surface area contributed by atoms with Crippen LogP contribution in [0, 0.1) is 62.6 Å². The van der Waals surface area contributed by atoms with Crippen LogP contribution < -0.4 is 5.32 Å². The van der Waals surface area contributed by atoms with E-state index in [0.717, 1.165) is 44.9 Å². The fourth-order valence-corrected chi connectivity index (χ4v) is 12.9. The summed E-state index contributed by atoms with van der Waals surface area (Å²) in [5, 5.41) is 24.1. The Morgan fingerprint density at radius 3 is 2.33 bits per heavy atom. The molecule has 6 aliphatic carbocycles. The smallest absolute Gasteiger partial charge is 0.226 e. The zero-order chi connectivity index (χ0) is 28.9. The van der Waals surface area contributed by atoms with Crippen molar-refractivity contribution in [2.24, 2.45) is 62.6 Å². The molecule has 5 fully saturated rings. The highest BCUT2D eigenvalue weighted by Gasteiger charge is 2.71. The van der Waals surface area contributed by atoms with Crippen molar-refractivity contribution in [3.05, 3.63) is 24.3 Å². The van der Waals surface area contributed by atoms with E-state index in [1.54, 1.807) is 0 Å². The highest BCUT2D eigenvalue weighted by Crippen LogP contribution is 2.77. The van der Waals surface area contributed by atoms with Gasteiger partial charge in [0.2, 0.25) is 5.91 Å². The Balaban J connectivity index is 1.33. The molecule has 224 valence electrons. The normalized spacial score (nSPS) is 52.7. The number of hydrogen-bond donors (Lipinski definition) is 3. The van der Waals surface area contributed by atoms with Crippen molar-refractivity contribution in [2.45, 2.75) is 124 Å². The molecule has 0 heterocycles. The van der Waals surface area contributed by atoms with Crippen molar-refractivity contribution in [3.63, 3.8) is 0 Å². The topological polar surface area (TPSA) is 69.6 Å². The molecule has 4 unspecified atom stereocenters. The van der Waals surface area contributed by atoms with Crippen LogP contribution in [0.3, 0.4) is 0 Å². The molecule has 0 bridgehead atoms. The zero-order valence-corrected chi connectivity index (χ0v) is 26.3. The quantitative estimate of drug-likeness (QED) is 0.328. The molecule has 0 saturated heterocycles. The first-order valence-electron chi connectivity index (χ1n) is 16.7. The van der Waals surface area contributed by atoms with Gasteiger partial charge in [-0.1, -0.05) is 58.9 Å². The summed E-state index contributed by atoms with van der Waals surface area (Å²) < 4.78 is 0. The molecule has 4 heteroatoms. The molecule has 0 aliphatic heterocycles. The van der Waals surface area contributed by atoms with Gasteiger partial charge in [-0.2, -0.15) is 0 Å². The van der Waals surface area contributed by atoms with E-state index in [9.17, 15) is 15.0 Å². The molecule has 6 rings (SSSR count). The molecule has 4 nitrogen and oxygen atoms in total. The van der Waals surface area contributed by atoms with E-state index in [4.69, 9.17) is 0 Å². The number of carbonyl (C=O) groups excluding carboxylic acids is 1. The Labute approximate surface area is 243 Å². The first kappa shape index (κ1) is 29.0. The van der Waals surface area contributed by atoms with Crippen molar-refractivity contribution < 1.29 is 15.0 Å². The summed E-state index contributed by atoms with van der Waals surface area (Å²) in [4.78, 5) is 14.3. The summed E-state index contributed by atoms with van der Waals surface area (Å²) in [6.07, 6.45) is 16.1. The van der Waals surface area contributed by atoms with Crippen LogP contribution in [-0.2, 0) is 4.79 Å². The van der Waals surface area contributed by atoms with Crippen molar-refractivity contribution in [1.82, 2.24) is 5.32 Å². The van der Waals surface area contributed by atoms with Crippen LogP contribution in [0.2, 0.25) is 0 Å². The number of allylic oxidation sites excluding steroid dienone is 1. The van der Waals surface area contributed by atoms with Gasteiger partial charge in [-0.25, -0.2) is 0 Å². The van der Waals surface area contributed by atoms with Crippen LogP contribution in [0.25, 0.3) is 0 Å².